The molecule has 1 saturated heterocycles. The van der Waals surface area contributed by atoms with Gasteiger partial charge in [0.2, 0.25) is 15.9 Å². The number of fused-ring (bicyclic) bond motifs is 1. The molecular formula is C23H29N3O3S2. The second-order valence-electron chi connectivity index (χ2n) is 8.22. The first kappa shape index (κ1) is 22.3. The lowest BCUT2D eigenvalue weighted by molar-refractivity contribution is -0.120. The van der Waals surface area contributed by atoms with Crippen molar-refractivity contribution < 1.29 is 13.2 Å². The number of carbonyl (C=O) groups is 1. The molecule has 166 valence electrons. The van der Waals surface area contributed by atoms with Crippen molar-refractivity contribution in [3.05, 3.63) is 54.6 Å². The van der Waals surface area contributed by atoms with E-state index in [-0.39, 0.29) is 11.9 Å². The van der Waals surface area contributed by atoms with Gasteiger partial charge < -0.3 is 4.90 Å². The number of thioether (sulfide) groups is 1. The highest BCUT2D eigenvalue weighted by atomic mass is 32.2. The maximum Gasteiger partial charge on any atom is 0.241 e. The fraction of sp³-hybridized carbons (Fsp3) is 0.435. The largest absolute Gasteiger partial charge is 0.310 e. The highest BCUT2D eigenvalue weighted by Crippen LogP contribution is 2.37. The summed E-state index contributed by atoms with van der Waals surface area (Å²) in [5, 5.41) is 0.479. The Labute approximate surface area is 189 Å². The molecule has 1 atom stereocenters. The van der Waals surface area contributed by atoms with Crippen LogP contribution in [0.5, 0.6) is 0 Å². The van der Waals surface area contributed by atoms with Gasteiger partial charge in [0.1, 0.15) is 0 Å². The SMILES string of the molecule is CC1CCN(C(=O)CN2CCC(NS(=O)(=O)c3ccccc3)CC2)c2ccccc2S1. The molecule has 0 aliphatic carbocycles. The monoisotopic (exact) mass is 459 g/mol. The Morgan fingerprint density at radius 2 is 1.68 bits per heavy atom. The van der Waals surface area contributed by atoms with E-state index in [1.54, 1.807) is 30.3 Å². The molecule has 0 radical (unpaired) electrons. The number of nitrogens with zero attached hydrogens (tertiary/aromatic N) is 2. The van der Waals surface area contributed by atoms with Crippen molar-refractivity contribution in [3.63, 3.8) is 0 Å². The van der Waals surface area contributed by atoms with Gasteiger partial charge >= 0.3 is 0 Å². The second-order valence-corrected chi connectivity index (χ2v) is 11.4. The summed E-state index contributed by atoms with van der Waals surface area (Å²) in [7, 11) is -3.51. The van der Waals surface area contributed by atoms with Gasteiger partial charge in [-0.3, -0.25) is 9.69 Å². The molecule has 31 heavy (non-hydrogen) atoms. The summed E-state index contributed by atoms with van der Waals surface area (Å²) in [6, 6.07) is 16.5. The smallest absolute Gasteiger partial charge is 0.241 e. The lowest BCUT2D eigenvalue weighted by Gasteiger charge is -2.33. The van der Waals surface area contributed by atoms with E-state index in [1.807, 2.05) is 34.9 Å². The summed E-state index contributed by atoms with van der Waals surface area (Å²) in [6.07, 6.45) is 2.36. The number of carbonyl (C=O) groups excluding carboxylic acids is 1. The van der Waals surface area contributed by atoms with Crippen molar-refractivity contribution in [3.8, 4) is 0 Å². The summed E-state index contributed by atoms with van der Waals surface area (Å²) in [6.45, 7) is 4.71. The van der Waals surface area contributed by atoms with Crippen molar-refractivity contribution in [1.82, 2.24) is 9.62 Å². The van der Waals surface area contributed by atoms with Gasteiger partial charge in [-0.25, -0.2) is 13.1 Å². The average molecular weight is 460 g/mol. The highest BCUT2D eigenvalue weighted by Gasteiger charge is 2.28. The number of hydrogen-bond acceptors (Lipinski definition) is 5. The van der Waals surface area contributed by atoms with E-state index < -0.39 is 10.0 Å². The first-order valence-electron chi connectivity index (χ1n) is 10.8. The van der Waals surface area contributed by atoms with Gasteiger partial charge in [0, 0.05) is 35.8 Å². The van der Waals surface area contributed by atoms with Gasteiger partial charge in [0.25, 0.3) is 0 Å². The zero-order valence-corrected chi connectivity index (χ0v) is 19.4. The normalized spacial score (nSPS) is 20.8. The van der Waals surface area contributed by atoms with Gasteiger partial charge in [-0.15, -0.1) is 11.8 Å². The number of piperidine rings is 1. The molecule has 0 saturated carbocycles. The number of anilines is 1. The van der Waals surface area contributed by atoms with E-state index in [9.17, 15) is 13.2 Å². The highest BCUT2D eigenvalue weighted by molar-refractivity contribution is 8.00. The molecule has 4 rings (SSSR count). The summed E-state index contributed by atoms with van der Waals surface area (Å²) >= 11 is 1.83. The van der Waals surface area contributed by atoms with Crippen LogP contribution < -0.4 is 9.62 Å². The maximum atomic E-state index is 13.1. The number of sulfonamides is 1. The van der Waals surface area contributed by atoms with Gasteiger partial charge in [0.15, 0.2) is 0 Å². The van der Waals surface area contributed by atoms with Crippen LogP contribution in [-0.4, -0.2) is 56.7 Å². The Hall–Kier alpha value is -1.87. The number of rotatable bonds is 5. The second kappa shape index (κ2) is 9.73. The zero-order chi connectivity index (χ0) is 21.8. The lowest BCUT2D eigenvalue weighted by atomic mass is 10.1. The Balaban J connectivity index is 1.33. The quantitative estimate of drug-likeness (QED) is 0.743. The molecule has 2 aromatic rings. The Morgan fingerprint density at radius 1 is 1.00 bits per heavy atom. The Morgan fingerprint density at radius 3 is 2.42 bits per heavy atom. The first-order chi connectivity index (χ1) is 14.9. The molecule has 2 aromatic carbocycles. The summed E-state index contributed by atoms with van der Waals surface area (Å²) in [5.41, 5.74) is 1.01. The van der Waals surface area contributed by atoms with Crippen LogP contribution in [0.1, 0.15) is 26.2 Å². The maximum absolute atomic E-state index is 13.1. The average Bonchev–Trinajstić information content (AvgIpc) is 2.94. The number of nitrogens with one attached hydrogen (secondary N) is 1. The number of amides is 1. The van der Waals surface area contributed by atoms with Crippen molar-refractivity contribution in [2.24, 2.45) is 0 Å². The molecule has 0 aromatic heterocycles. The number of para-hydroxylation sites is 1. The minimum Gasteiger partial charge on any atom is -0.310 e. The molecule has 0 bridgehead atoms. The number of benzene rings is 2. The predicted octanol–water partition coefficient (Wildman–Crippen LogP) is 3.35. The molecule has 0 spiro atoms. The van der Waals surface area contributed by atoms with E-state index in [4.69, 9.17) is 0 Å². The van der Waals surface area contributed by atoms with Crippen LogP contribution in [0.3, 0.4) is 0 Å². The molecule has 2 aliphatic rings. The number of likely N-dealkylation sites (tertiary alicyclic amines) is 1. The Kier molecular flexibility index (Phi) is 7.01. The molecule has 1 amide bonds. The van der Waals surface area contributed by atoms with Crippen LogP contribution in [0, 0.1) is 0 Å². The molecular weight excluding hydrogens is 430 g/mol. The molecule has 1 N–H and O–H groups in total. The van der Waals surface area contributed by atoms with Crippen LogP contribution in [0.15, 0.2) is 64.4 Å². The lowest BCUT2D eigenvalue weighted by Crippen LogP contribution is -2.48. The van der Waals surface area contributed by atoms with Crippen LogP contribution in [0.4, 0.5) is 5.69 Å². The fourth-order valence-corrected chi connectivity index (χ4v) is 6.56. The molecule has 2 heterocycles. The molecule has 1 unspecified atom stereocenters. The van der Waals surface area contributed by atoms with Gasteiger partial charge in [-0.1, -0.05) is 37.3 Å². The van der Waals surface area contributed by atoms with Crippen molar-refractivity contribution in [2.75, 3.05) is 31.1 Å². The predicted molar refractivity (Wildman–Crippen MR) is 125 cm³/mol. The van der Waals surface area contributed by atoms with Crippen molar-refractivity contribution in [1.29, 1.82) is 0 Å². The summed E-state index contributed by atoms with van der Waals surface area (Å²) in [5.74, 6) is 0.116. The molecule has 8 heteroatoms. The van der Waals surface area contributed by atoms with E-state index in [2.05, 4.69) is 22.6 Å². The fourth-order valence-electron chi connectivity index (χ4n) is 4.12. The zero-order valence-electron chi connectivity index (χ0n) is 17.7. The van der Waals surface area contributed by atoms with E-state index >= 15 is 0 Å². The van der Waals surface area contributed by atoms with Crippen LogP contribution in [0.2, 0.25) is 0 Å². The van der Waals surface area contributed by atoms with Crippen molar-refractivity contribution in [2.45, 2.75) is 47.3 Å². The summed E-state index contributed by atoms with van der Waals surface area (Å²) in [4.78, 5) is 18.7. The third-order valence-electron chi connectivity index (χ3n) is 5.87. The molecule has 6 nitrogen and oxygen atoms in total. The van der Waals surface area contributed by atoms with Crippen molar-refractivity contribution >= 4 is 33.4 Å². The third kappa shape index (κ3) is 5.49. The van der Waals surface area contributed by atoms with Gasteiger partial charge in [-0.05, 0) is 43.5 Å². The molecule has 1 fully saturated rings. The van der Waals surface area contributed by atoms with Crippen LogP contribution in [-0.2, 0) is 14.8 Å². The van der Waals surface area contributed by atoms with Crippen LogP contribution >= 0.6 is 11.8 Å². The minimum absolute atomic E-state index is 0.104. The third-order valence-corrected chi connectivity index (χ3v) is 8.64. The van der Waals surface area contributed by atoms with Gasteiger partial charge in [0.05, 0.1) is 17.1 Å². The Bertz CT molecular complexity index is 1010. The van der Waals surface area contributed by atoms with E-state index in [0.717, 1.165) is 23.5 Å². The topological polar surface area (TPSA) is 69.7 Å². The summed E-state index contributed by atoms with van der Waals surface area (Å²) < 4.78 is 27.9. The molecule has 2 aliphatic heterocycles. The van der Waals surface area contributed by atoms with Crippen LogP contribution in [0.25, 0.3) is 0 Å². The standard InChI is InChI=1S/C23H29N3O3S2/c1-18-11-16-26(21-9-5-6-10-22(21)30-18)23(27)17-25-14-12-19(13-15-25)24-31(28,29)20-7-3-2-4-8-20/h2-10,18-19,24H,11-17H2,1H3. The van der Waals surface area contributed by atoms with E-state index in [1.165, 1.54) is 0 Å². The number of hydrogen-bond donors (Lipinski definition) is 1. The van der Waals surface area contributed by atoms with E-state index in [0.29, 0.717) is 42.6 Å². The van der Waals surface area contributed by atoms with Gasteiger partial charge in [-0.2, -0.15) is 0 Å². The minimum atomic E-state index is -3.51. The first-order valence-corrected chi connectivity index (χ1v) is 13.1.